The number of benzene rings is 2. The van der Waals surface area contributed by atoms with Gasteiger partial charge in [0.25, 0.3) is 0 Å². The number of carbonyl (C=O) groups is 2. The monoisotopic (exact) mass is 438 g/mol. The number of nitrogens with zero attached hydrogens (tertiary/aromatic N) is 1. The summed E-state index contributed by atoms with van der Waals surface area (Å²) in [5.74, 6) is -1.15. The highest BCUT2D eigenvalue weighted by Gasteiger charge is 2.32. The van der Waals surface area contributed by atoms with Crippen LogP contribution in [0.25, 0.3) is 0 Å². The van der Waals surface area contributed by atoms with Gasteiger partial charge in [0, 0.05) is 5.02 Å². The molecule has 156 valence electrons. The molecule has 2 rings (SSSR count). The average Bonchev–Trinajstić information content (AvgIpc) is 2.65. The zero-order valence-corrected chi connectivity index (χ0v) is 18.0. The number of esters is 1. The second kappa shape index (κ2) is 9.76. The third-order valence-electron chi connectivity index (χ3n) is 4.07. The summed E-state index contributed by atoms with van der Waals surface area (Å²) in [5.41, 5.74) is 0.709. The Morgan fingerprint density at radius 3 is 2.41 bits per heavy atom. The number of anilines is 2. The first-order chi connectivity index (χ1) is 13.7. The molecule has 0 aromatic heterocycles. The van der Waals surface area contributed by atoms with E-state index in [1.54, 1.807) is 50.2 Å². The molecule has 1 amide bonds. The molecule has 0 heterocycles. The van der Waals surface area contributed by atoms with Crippen molar-refractivity contribution in [2.45, 2.75) is 26.3 Å². The van der Waals surface area contributed by atoms with Crippen LogP contribution in [0.2, 0.25) is 5.02 Å². The molecule has 1 atom stereocenters. The molecule has 0 radical (unpaired) electrons. The Bertz CT molecular complexity index is 994. The third kappa shape index (κ3) is 5.71. The van der Waals surface area contributed by atoms with Crippen molar-refractivity contribution >= 4 is 44.9 Å². The largest absolute Gasteiger partial charge is 0.462 e. The molecule has 0 aliphatic carbocycles. The van der Waals surface area contributed by atoms with Crippen LogP contribution in [0.3, 0.4) is 0 Å². The summed E-state index contributed by atoms with van der Waals surface area (Å²) in [7, 11) is -3.80. The van der Waals surface area contributed by atoms with Crippen LogP contribution in [-0.2, 0) is 19.6 Å². The highest BCUT2D eigenvalue weighted by Crippen LogP contribution is 2.26. The van der Waals surface area contributed by atoms with E-state index in [1.165, 1.54) is 12.1 Å². The van der Waals surface area contributed by atoms with Crippen molar-refractivity contribution in [3.63, 3.8) is 0 Å². The molecule has 0 saturated carbocycles. The van der Waals surface area contributed by atoms with Crippen LogP contribution in [0.1, 0.15) is 30.6 Å². The number of carbonyl (C=O) groups excluding carboxylic acids is 2. The van der Waals surface area contributed by atoms with Crippen molar-refractivity contribution in [1.82, 2.24) is 0 Å². The van der Waals surface area contributed by atoms with Crippen molar-refractivity contribution < 1.29 is 22.7 Å². The van der Waals surface area contributed by atoms with Gasteiger partial charge in [-0.25, -0.2) is 13.2 Å². The van der Waals surface area contributed by atoms with Crippen LogP contribution in [0, 0.1) is 0 Å². The van der Waals surface area contributed by atoms with Crippen molar-refractivity contribution in [3.05, 3.63) is 59.1 Å². The molecule has 0 bridgehead atoms. The number of para-hydroxylation sites is 1. The summed E-state index contributed by atoms with van der Waals surface area (Å²) in [5, 5.41) is 3.01. The van der Waals surface area contributed by atoms with Gasteiger partial charge in [0.1, 0.15) is 6.04 Å². The summed E-state index contributed by atoms with van der Waals surface area (Å²) < 4.78 is 31.0. The molecule has 1 N–H and O–H groups in total. The van der Waals surface area contributed by atoms with Crippen molar-refractivity contribution in [3.8, 4) is 0 Å². The van der Waals surface area contributed by atoms with Crippen LogP contribution >= 0.6 is 11.6 Å². The summed E-state index contributed by atoms with van der Waals surface area (Å²) >= 11 is 6.01. The van der Waals surface area contributed by atoms with E-state index in [-0.39, 0.29) is 30.0 Å². The molecule has 2 aromatic carbocycles. The second-order valence-electron chi connectivity index (χ2n) is 6.22. The summed E-state index contributed by atoms with van der Waals surface area (Å²) in [4.78, 5) is 25.2. The standard InChI is InChI=1S/C20H23ClN2O5S/c1-4-18(23(29(3,26)27)15-10-8-9-14(21)13-15)19(24)22-17-12-7-6-11-16(17)20(25)28-5-2/h6-13,18H,4-5H2,1-3H3,(H,22,24)/t18-/m0/s1. The molecular formula is C20H23ClN2O5S. The quantitative estimate of drug-likeness (QED) is 0.634. The van der Waals surface area contributed by atoms with E-state index in [0.29, 0.717) is 5.02 Å². The van der Waals surface area contributed by atoms with E-state index < -0.39 is 27.9 Å². The Morgan fingerprint density at radius 2 is 1.83 bits per heavy atom. The highest BCUT2D eigenvalue weighted by atomic mass is 35.5. The molecule has 0 fully saturated rings. The predicted molar refractivity (Wildman–Crippen MR) is 114 cm³/mol. The number of sulfonamides is 1. The fraction of sp³-hybridized carbons (Fsp3) is 0.300. The van der Waals surface area contributed by atoms with Gasteiger partial charge in [-0.1, -0.05) is 36.7 Å². The number of rotatable bonds is 8. The highest BCUT2D eigenvalue weighted by molar-refractivity contribution is 7.92. The van der Waals surface area contributed by atoms with Crippen molar-refractivity contribution in [2.24, 2.45) is 0 Å². The number of halogens is 1. The molecule has 0 aliphatic rings. The molecule has 29 heavy (non-hydrogen) atoms. The molecule has 7 nitrogen and oxygen atoms in total. The van der Waals surface area contributed by atoms with Gasteiger partial charge in [-0.3, -0.25) is 9.10 Å². The number of ether oxygens (including phenoxy) is 1. The summed E-state index contributed by atoms with van der Waals surface area (Å²) in [6.07, 6.45) is 1.23. The fourth-order valence-electron chi connectivity index (χ4n) is 2.87. The van der Waals surface area contributed by atoms with Crippen LogP contribution in [-0.4, -0.2) is 39.2 Å². The zero-order valence-electron chi connectivity index (χ0n) is 16.4. The fourth-order valence-corrected chi connectivity index (χ4v) is 4.26. The topological polar surface area (TPSA) is 92.8 Å². The third-order valence-corrected chi connectivity index (χ3v) is 5.49. The van der Waals surface area contributed by atoms with E-state index >= 15 is 0 Å². The Balaban J connectivity index is 2.40. The molecule has 0 unspecified atom stereocenters. The Labute approximate surface area is 175 Å². The first-order valence-electron chi connectivity index (χ1n) is 9.01. The number of nitrogens with one attached hydrogen (secondary N) is 1. The van der Waals surface area contributed by atoms with Crippen LogP contribution < -0.4 is 9.62 Å². The van der Waals surface area contributed by atoms with Gasteiger partial charge in [0.2, 0.25) is 15.9 Å². The van der Waals surface area contributed by atoms with E-state index in [0.717, 1.165) is 10.6 Å². The lowest BCUT2D eigenvalue weighted by Crippen LogP contribution is -2.47. The average molecular weight is 439 g/mol. The Hall–Kier alpha value is -2.58. The molecule has 2 aromatic rings. The second-order valence-corrected chi connectivity index (χ2v) is 8.51. The van der Waals surface area contributed by atoms with E-state index in [2.05, 4.69) is 5.32 Å². The van der Waals surface area contributed by atoms with Gasteiger partial charge < -0.3 is 10.1 Å². The molecular weight excluding hydrogens is 416 g/mol. The number of hydrogen-bond acceptors (Lipinski definition) is 5. The lowest BCUT2D eigenvalue weighted by atomic mass is 10.1. The van der Waals surface area contributed by atoms with Crippen molar-refractivity contribution in [1.29, 1.82) is 0 Å². The SMILES string of the molecule is CCOC(=O)c1ccccc1NC(=O)[C@H](CC)N(c1cccc(Cl)c1)S(C)(=O)=O. The smallest absolute Gasteiger partial charge is 0.340 e. The Kier molecular flexibility index (Phi) is 7.64. The van der Waals surface area contributed by atoms with Gasteiger partial charge in [-0.2, -0.15) is 0 Å². The van der Waals surface area contributed by atoms with Gasteiger partial charge in [0.15, 0.2) is 0 Å². The minimum atomic E-state index is -3.80. The van der Waals surface area contributed by atoms with Gasteiger partial charge in [0.05, 0.1) is 29.8 Å². The maximum absolute atomic E-state index is 13.0. The number of hydrogen-bond donors (Lipinski definition) is 1. The lowest BCUT2D eigenvalue weighted by Gasteiger charge is -2.30. The predicted octanol–water partition coefficient (Wildman–Crippen LogP) is 3.70. The molecule has 0 aliphatic heterocycles. The van der Waals surface area contributed by atoms with Gasteiger partial charge in [-0.15, -0.1) is 0 Å². The molecule has 0 saturated heterocycles. The normalized spacial score (nSPS) is 12.1. The first-order valence-corrected chi connectivity index (χ1v) is 11.2. The summed E-state index contributed by atoms with van der Waals surface area (Å²) in [6.45, 7) is 3.57. The molecule has 9 heteroatoms. The lowest BCUT2D eigenvalue weighted by molar-refractivity contribution is -0.117. The zero-order chi connectivity index (χ0) is 21.6. The minimum Gasteiger partial charge on any atom is -0.462 e. The van der Waals surface area contributed by atoms with Crippen LogP contribution in [0.5, 0.6) is 0 Å². The summed E-state index contributed by atoms with van der Waals surface area (Å²) in [6, 6.07) is 11.6. The molecule has 0 spiro atoms. The van der Waals surface area contributed by atoms with E-state index in [9.17, 15) is 18.0 Å². The van der Waals surface area contributed by atoms with E-state index in [4.69, 9.17) is 16.3 Å². The van der Waals surface area contributed by atoms with Crippen molar-refractivity contribution in [2.75, 3.05) is 22.5 Å². The van der Waals surface area contributed by atoms with E-state index in [1.807, 2.05) is 0 Å². The maximum Gasteiger partial charge on any atom is 0.340 e. The van der Waals surface area contributed by atoms with Gasteiger partial charge in [-0.05, 0) is 43.7 Å². The van der Waals surface area contributed by atoms with Gasteiger partial charge >= 0.3 is 5.97 Å². The number of amides is 1. The van der Waals surface area contributed by atoms with Crippen LogP contribution in [0.15, 0.2) is 48.5 Å². The maximum atomic E-state index is 13.0. The minimum absolute atomic E-state index is 0.186. The Morgan fingerprint density at radius 1 is 1.14 bits per heavy atom. The first kappa shape index (κ1) is 22.7. The van der Waals surface area contributed by atoms with Crippen LogP contribution in [0.4, 0.5) is 11.4 Å².